The Bertz CT molecular complexity index is 1540. The molecule has 1 aliphatic carbocycles. The van der Waals surface area contributed by atoms with Crippen molar-refractivity contribution in [3.63, 3.8) is 0 Å². The number of anilines is 1. The number of para-hydroxylation sites is 1. The number of aryl methyl sites for hydroxylation is 2. The molecule has 1 aliphatic rings. The van der Waals surface area contributed by atoms with Crippen LogP contribution in [-0.2, 0) is 32.6 Å². The third kappa shape index (κ3) is 8.11. The van der Waals surface area contributed by atoms with Crippen LogP contribution < -0.4 is 9.62 Å². The molecule has 43 heavy (non-hydrogen) atoms. The molecule has 3 aromatic carbocycles. The van der Waals surface area contributed by atoms with Gasteiger partial charge in [0, 0.05) is 12.6 Å². The second kappa shape index (κ2) is 14.6. The zero-order chi connectivity index (χ0) is 31.1. The number of nitrogens with one attached hydrogen (secondary N) is 1. The molecule has 3 aromatic rings. The summed E-state index contributed by atoms with van der Waals surface area (Å²) in [6.45, 7) is 5.04. The Hall–Kier alpha value is -3.07. The van der Waals surface area contributed by atoms with E-state index >= 15 is 0 Å². The molecule has 2 amide bonds. The summed E-state index contributed by atoms with van der Waals surface area (Å²) in [6.07, 6.45) is 5.61. The van der Waals surface area contributed by atoms with Gasteiger partial charge in [-0.25, -0.2) is 8.42 Å². The minimum atomic E-state index is -4.14. The Kier molecular flexibility index (Phi) is 11.2. The van der Waals surface area contributed by atoms with Crippen LogP contribution in [0.5, 0.6) is 0 Å². The molecule has 7 nitrogen and oxygen atoms in total. The first-order valence-electron chi connectivity index (χ1n) is 14.7. The predicted octanol–water partition coefficient (Wildman–Crippen LogP) is 6.93. The van der Waals surface area contributed by atoms with Crippen molar-refractivity contribution < 1.29 is 18.0 Å². The number of halogens is 2. The minimum absolute atomic E-state index is 0.0445. The average molecular weight is 645 g/mol. The number of benzene rings is 3. The molecular formula is C33H39Cl2N3O4S. The molecule has 0 radical (unpaired) electrons. The third-order valence-corrected chi connectivity index (χ3v) is 10.5. The van der Waals surface area contributed by atoms with E-state index in [-0.39, 0.29) is 23.4 Å². The standard InChI is InChI=1S/C33H39Cl2N3O4S/c1-4-26-10-8-9-13-31(26)38(43(41,42)28-17-14-23(2)15-18-28)22-32(39)37(21-25-16-19-29(34)30(35)20-25)24(3)33(40)36-27-11-6-5-7-12-27/h8-10,13-20,24,27H,4-7,11-12,21-22H2,1-3H3,(H,36,40). The maximum atomic E-state index is 14.2. The minimum Gasteiger partial charge on any atom is -0.352 e. The van der Waals surface area contributed by atoms with Crippen LogP contribution in [0.1, 0.15) is 62.6 Å². The Morgan fingerprint density at radius 1 is 0.953 bits per heavy atom. The fraction of sp³-hybridized carbons (Fsp3) is 0.394. The maximum Gasteiger partial charge on any atom is 0.264 e. The Balaban J connectivity index is 1.71. The molecule has 230 valence electrons. The Morgan fingerprint density at radius 2 is 1.63 bits per heavy atom. The lowest BCUT2D eigenvalue weighted by Gasteiger charge is -2.33. The van der Waals surface area contributed by atoms with Crippen LogP contribution in [0.3, 0.4) is 0 Å². The highest BCUT2D eigenvalue weighted by Crippen LogP contribution is 2.29. The smallest absolute Gasteiger partial charge is 0.264 e. The second-order valence-corrected chi connectivity index (χ2v) is 13.8. The first-order chi connectivity index (χ1) is 20.5. The number of nitrogens with zero attached hydrogens (tertiary/aromatic N) is 2. The summed E-state index contributed by atoms with van der Waals surface area (Å²) in [7, 11) is -4.14. The van der Waals surface area contributed by atoms with E-state index in [1.807, 2.05) is 26.0 Å². The highest BCUT2D eigenvalue weighted by atomic mass is 35.5. The molecular weight excluding hydrogens is 605 g/mol. The Labute approximate surface area is 265 Å². The second-order valence-electron chi connectivity index (χ2n) is 11.1. The molecule has 0 aromatic heterocycles. The lowest BCUT2D eigenvalue weighted by molar-refractivity contribution is -0.139. The number of hydrogen-bond donors (Lipinski definition) is 1. The van der Waals surface area contributed by atoms with Gasteiger partial charge in [-0.3, -0.25) is 13.9 Å². The molecule has 0 bridgehead atoms. The summed E-state index contributed by atoms with van der Waals surface area (Å²) in [4.78, 5) is 29.2. The topological polar surface area (TPSA) is 86.8 Å². The molecule has 1 N–H and O–H groups in total. The van der Waals surface area contributed by atoms with Gasteiger partial charge in [0.15, 0.2) is 0 Å². The van der Waals surface area contributed by atoms with Crippen molar-refractivity contribution in [1.82, 2.24) is 10.2 Å². The van der Waals surface area contributed by atoms with Gasteiger partial charge in [-0.15, -0.1) is 0 Å². The van der Waals surface area contributed by atoms with Gasteiger partial charge in [0.1, 0.15) is 12.6 Å². The van der Waals surface area contributed by atoms with E-state index in [4.69, 9.17) is 23.2 Å². The van der Waals surface area contributed by atoms with Gasteiger partial charge >= 0.3 is 0 Å². The normalized spacial score (nSPS) is 14.6. The molecule has 1 atom stereocenters. The monoisotopic (exact) mass is 643 g/mol. The van der Waals surface area contributed by atoms with Gasteiger partial charge in [-0.05, 0) is 74.6 Å². The van der Waals surface area contributed by atoms with Gasteiger partial charge in [-0.2, -0.15) is 0 Å². The maximum absolute atomic E-state index is 14.2. The van der Waals surface area contributed by atoms with Gasteiger partial charge in [-0.1, -0.05) is 91.3 Å². The van der Waals surface area contributed by atoms with Gasteiger partial charge < -0.3 is 10.2 Å². The van der Waals surface area contributed by atoms with Crippen LogP contribution in [0.4, 0.5) is 5.69 Å². The molecule has 0 saturated heterocycles. The SMILES string of the molecule is CCc1ccccc1N(CC(=O)N(Cc1ccc(Cl)c(Cl)c1)C(C)C(=O)NC1CCCCC1)S(=O)(=O)c1ccc(C)cc1. The molecule has 1 fully saturated rings. The first-order valence-corrected chi connectivity index (χ1v) is 16.9. The van der Waals surface area contributed by atoms with Crippen LogP contribution >= 0.6 is 23.2 Å². The number of carbonyl (C=O) groups excluding carboxylic acids is 2. The van der Waals surface area contributed by atoms with Crippen LogP contribution in [0, 0.1) is 6.92 Å². The van der Waals surface area contributed by atoms with Crippen molar-refractivity contribution in [2.45, 2.75) is 82.8 Å². The highest BCUT2D eigenvalue weighted by Gasteiger charge is 2.34. The number of carbonyl (C=O) groups is 2. The molecule has 0 spiro atoms. The highest BCUT2D eigenvalue weighted by molar-refractivity contribution is 7.92. The fourth-order valence-corrected chi connectivity index (χ4v) is 7.16. The molecule has 10 heteroatoms. The zero-order valence-corrected chi connectivity index (χ0v) is 27.2. The van der Waals surface area contributed by atoms with Crippen molar-refractivity contribution >= 4 is 50.7 Å². The van der Waals surface area contributed by atoms with Crippen LogP contribution in [0.15, 0.2) is 71.6 Å². The van der Waals surface area contributed by atoms with E-state index in [2.05, 4.69) is 5.32 Å². The number of hydrogen-bond acceptors (Lipinski definition) is 4. The Morgan fingerprint density at radius 3 is 2.28 bits per heavy atom. The predicted molar refractivity (Wildman–Crippen MR) is 173 cm³/mol. The summed E-state index contributed by atoms with van der Waals surface area (Å²) in [6, 6.07) is 17.9. The van der Waals surface area contributed by atoms with Crippen molar-refractivity contribution in [3.05, 3.63) is 93.5 Å². The summed E-state index contributed by atoms with van der Waals surface area (Å²) >= 11 is 12.4. The summed E-state index contributed by atoms with van der Waals surface area (Å²) in [5, 5.41) is 3.81. The molecule has 0 aliphatic heterocycles. The van der Waals surface area contributed by atoms with E-state index in [9.17, 15) is 18.0 Å². The molecule has 4 rings (SSSR count). The molecule has 1 saturated carbocycles. The van der Waals surface area contributed by atoms with Crippen molar-refractivity contribution in [1.29, 1.82) is 0 Å². The van der Waals surface area contributed by atoms with E-state index in [1.54, 1.807) is 61.5 Å². The van der Waals surface area contributed by atoms with E-state index in [0.29, 0.717) is 27.7 Å². The fourth-order valence-electron chi connectivity index (χ4n) is 5.39. The average Bonchev–Trinajstić information content (AvgIpc) is 3.00. The zero-order valence-electron chi connectivity index (χ0n) is 24.9. The lowest BCUT2D eigenvalue weighted by atomic mass is 9.95. The quantitative estimate of drug-likeness (QED) is 0.246. The lowest BCUT2D eigenvalue weighted by Crippen LogP contribution is -2.53. The van der Waals surface area contributed by atoms with Crippen molar-refractivity contribution in [3.8, 4) is 0 Å². The van der Waals surface area contributed by atoms with Gasteiger partial charge in [0.25, 0.3) is 10.0 Å². The first kappa shape index (κ1) is 32.8. The summed E-state index contributed by atoms with van der Waals surface area (Å²) in [5.41, 5.74) is 2.79. The van der Waals surface area contributed by atoms with Crippen LogP contribution in [0.2, 0.25) is 10.0 Å². The third-order valence-electron chi connectivity index (χ3n) is 7.98. The summed E-state index contributed by atoms with van der Waals surface area (Å²) < 4.78 is 29.4. The molecule has 0 heterocycles. The van der Waals surface area contributed by atoms with Gasteiger partial charge in [0.05, 0.1) is 20.6 Å². The number of rotatable bonds is 11. The molecule has 1 unspecified atom stereocenters. The van der Waals surface area contributed by atoms with Crippen LogP contribution in [0.25, 0.3) is 0 Å². The number of amides is 2. The summed E-state index contributed by atoms with van der Waals surface area (Å²) in [5.74, 6) is -0.791. The van der Waals surface area contributed by atoms with E-state index < -0.39 is 28.5 Å². The largest absolute Gasteiger partial charge is 0.352 e. The van der Waals surface area contributed by atoms with Crippen molar-refractivity contribution in [2.24, 2.45) is 0 Å². The number of sulfonamides is 1. The van der Waals surface area contributed by atoms with E-state index in [1.165, 1.54) is 4.90 Å². The van der Waals surface area contributed by atoms with Gasteiger partial charge in [0.2, 0.25) is 11.8 Å². The van der Waals surface area contributed by atoms with Crippen molar-refractivity contribution in [2.75, 3.05) is 10.8 Å². The van der Waals surface area contributed by atoms with Crippen LogP contribution in [-0.4, -0.2) is 43.8 Å². The van der Waals surface area contributed by atoms with E-state index in [0.717, 1.165) is 47.5 Å².